The molecule has 1 aromatic rings. The third-order valence-corrected chi connectivity index (χ3v) is 3.13. The van der Waals surface area contributed by atoms with E-state index in [-0.39, 0.29) is 5.54 Å². The maximum atomic E-state index is 6.16. The van der Waals surface area contributed by atoms with Gasteiger partial charge in [0.05, 0.1) is 7.11 Å². The summed E-state index contributed by atoms with van der Waals surface area (Å²) in [6.07, 6.45) is 0. The van der Waals surface area contributed by atoms with Crippen LogP contribution in [0.4, 0.5) is 0 Å². The van der Waals surface area contributed by atoms with E-state index in [2.05, 4.69) is 31.0 Å². The molecule has 5 heteroatoms. The molecule has 0 radical (unpaired) electrons. The molecule has 0 aromatic heterocycles. The van der Waals surface area contributed by atoms with Crippen molar-refractivity contribution >= 4 is 11.6 Å². The van der Waals surface area contributed by atoms with Gasteiger partial charge in [0.15, 0.2) is 11.5 Å². The first-order valence-electron chi connectivity index (χ1n) is 7.12. The zero-order valence-corrected chi connectivity index (χ0v) is 14.7. The fraction of sp³-hybridized carbons (Fsp3) is 0.625. The number of methoxy groups -OCH3 is 1. The quantitative estimate of drug-likeness (QED) is 0.838. The molecule has 0 aliphatic heterocycles. The molecule has 0 saturated heterocycles. The number of halogens is 1. The number of nitrogens with one attached hydrogen (secondary N) is 1. The van der Waals surface area contributed by atoms with E-state index in [4.69, 9.17) is 21.1 Å². The molecule has 1 rings (SSSR count). The highest BCUT2D eigenvalue weighted by molar-refractivity contribution is 6.30. The number of benzene rings is 1. The molecular formula is C16H27ClN2O2. The summed E-state index contributed by atoms with van der Waals surface area (Å²) in [5.74, 6) is 1.44. The summed E-state index contributed by atoms with van der Waals surface area (Å²) < 4.78 is 11.3. The van der Waals surface area contributed by atoms with Gasteiger partial charge in [0.2, 0.25) is 0 Å². The summed E-state index contributed by atoms with van der Waals surface area (Å²) in [6.45, 7) is 8.51. The number of rotatable bonds is 7. The van der Waals surface area contributed by atoms with Gasteiger partial charge in [-0.05, 0) is 40.9 Å². The largest absolute Gasteiger partial charge is 0.493 e. The number of hydrogen-bond donors (Lipinski definition) is 1. The Morgan fingerprint density at radius 2 is 1.90 bits per heavy atom. The van der Waals surface area contributed by atoms with E-state index in [1.165, 1.54) is 0 Å². The van der Waals surface area contributed by atoms with E-state index >= 15 is 0 Å². The molecule has 0 unspecified atom stereocenters. The normalized spacial score (nSPS) is 11.8. The van der Waals surface area contributed by atoms with Crippen LogP contribution in [0, 0.1) is 0 Å². The van der Waals surface area contributed by atoms with Gasteiger partial charge in [0, 0.05) is 35.3 Å². The highest BCUT2D eigenvalue weighted by atomic mass is 35.5. The van der Waals surface area contributed by atoms with Crippen molar-refractivity contribution in [2.75, 3.05) is 34.4 Å². The zero-order chi connectivity index (χ0) is 16.0. The van der Waals surface area contributed by atoms with E-state index < -0.39 is 0 Å². The van der Waals surface area contributed by atoms with Crippen molar-refractivity contribution in [2.45, 2.75) is 32.9 Å². The van der Waals surface area contributed by atoms with Gasteiger partial charge in [-0.3, -0.25) is 0 Å². The Labute approximate surface area is 133 Å². The van der Waals surface area contributed by atoms with Crippen LogP contribution in [0.2, 0.25) is 5.02 Å². The van der Waals surface area contributed by atoms with Crippen LogP contribution >= 0.6 is 11.6 Å². The minimum Gasteiger partial charge on any atom is -0.493 e. The lowest BCUT2D eigenvalue weighted by Crippen LogP contribution is -2.35. The van der Waals surface area contributed by atoms with E-state index in [1.807, 2.05) is 20.2 Å². The van der Waals surface area contributed by atoms with Crippen LogP contribution in [0.25, 0.3) is 0 Å². The minimum absolute atomic E-state index is 0.0243. The lowest BCUT2D eigenvalue weighted by atomic mass is 10.1. The van der Waals surface area contributed by atoms with Crippen molar-refractivity contribution < 1.29 is 9.47 Å². The van der Waals surface area contributed by atoms with Crippen LogP contribution in [0.5, 0.6) is 11.5 Å². The molecule has 0 heterocycles. The van der Waals surface area contributed by atoms with E-state index in [0.29, 0.717) is 23.9 Å². The van der Waals surface area contributed by atoms with E-state index in [1.54, 1.807) is 13.2 Å². The van der Waals surface area contributed by atoms with Crippen molar-refractivity contribution in [1.82, 2.24) is 10.2 Å². The lowest BCUT2D eigenvalue weighted by Gasteiger charge is -2.23. The number of nitrogens with zero attached hydrogens (tertiary/aromatic N) is 1. The van der Waals surface area contributed by atoms with Crippen LogP contribution in [0.1, 0.15) is 26.3 Å². The van der Waals surface area contributed by atoms with Crippen LogP contribution in [0.3, 0.4) is 0 Å². The average Bonchev–Trinajstić information content (AvgIpc) is 2.36. The molecule has 0 spiro atoms. The third-order valence-electron chi connectivity index (χ3n) is 2.91. The average molecular weight is 315 g/mol. The molecule has 0 bridgehead atoms. The Morgan fingerprint density at radius 1 is 1.24 bits per heavy atom. The Kier molecular flexibility index (Phi) is 6.78. The predicted molar refractivity (Wildman–Crippen MR) is 88.6 cm³/mol. The van der Waals surface area contributed by atoms with Crippen molar-refractivity contribution in [3.63, 3.8) is 0 Å². The topological polar surface area (TPSA) is 33.7 Å². The first-order valence-corrected chi connectivity index (χ1v) is 7.49. The molecule has 0 atom stereocenters. The van der Waals surface area contributed by atoms with E-state index in [0.717, 1.165) is 17.9 Å². The third kappa shape index (κ3) is 6.55. The van der Waals surface area contributed by atoms with Crippen molar-refractivity contribution in [3.8, 4) is 11.5 Å². The molecule has 1 aromatic carbocycles. The van der Waals surface area contributed by atoms with Crippen molar-refractivity contribution in [2.24, 2.45) is 0 Å². The second kappa shape index (κ2) is 7.87. The standard InChI is InChI=1S/C16H27ClN2O2/c1-16(2,3)18-11-12-9-13(17)10-14(20-6)15(12)21-8-7-19(4)5/h9-10,18H,7-8,11H2,1-6H3. The summed E-state index contributed by atoms with van der Waals surface area (Å²) in [5.41, 5.74) is 1.03. The summed E-state index contributed by atoms with van der Waals surface area (Å²) in [5, 5.41) is 4.10. The SMILES string of the molecule is COc1cc(Cl)cc(CNC(C)(C)C)c1OCCN(C)C. The van der Waals surface area contributed by atoms with E-state index in [9.17, 15) is 0 Å². The number of hydrogen-bond acceptors (Lipinski definition) is 4. The second-order valence-corrected chi connectivity index (χ2v) is 6.79. The molecule has 0 saturated carbocycles. The fourth-order valence-corrected chi connectivity index (χ4v) is 1.99. The smallest absolute Gasteiger partial charge is 0.165 e. The Balaban J connectivity index is 2.94. The molecule has 0 aliphatic carbocycles. The second-order valence-electron chi connectivity index (χ2n) is 6.35. The van der Waals surface area contributed by atoms with Gasteiger partial charge in [-0.2, -0.15) is 0 Å². The zero-order valence-electron chi connectivity index (χ0n) is 13.9. The first kappa shape index (κ1) is 18.1. The highest BCUT2D eigenvalue weighted by Crippen LogP contribution is 2.35. The Bertz CT molecular complexity index is 456. The van der Waals surface area contributed by atoms with Crippen LogP contribution in [-0.2, 0) is 6.54 Å². The van der Waals surface area contributed by atoms with Gasteiger partial charge < -0.3 is 19.7 Å². The summed E-state index contributed by atoms with van der Waals surface area (Å²) >= 11 is 6.16. The first-order chi connectivity index (χ1) is 9.73. The van der Waals surface area contributed by atoms with Gasteiger partial charge >= 0.3 is 0 Å². The maximum absolute atomic E-state index is 6.16. The fourth-order valence-electron chi connectivity index (χ4n) is 1.76. The molecule has 0 amide bonds. The molecule has 0 aliphatic rings. The van der Waals surface area contributed by atoms with Crippen molar-refractivity contribution in [3.05, 3.63) is 22.7 Å². The molecule has 1 N–H and O–H groups in total. The number of likely N-dealkylation sites (N-methyl/N-ethyl adjacent to an activating group) is 1. The van der Waals surface area contributed by atoms with Gasteiger partial charge in [0.1, 0.15) is 6.61 Å². The highest BCUT2D eigenvalue weighted by Gasteiger charge is 2.16. The maximum Gasteiger partial charge on any atom is 0.165 e. The molecular weight excluding hydrogens is 288 g/mol. The van der Waals surface area contributed by atoms with Crippen LogP contribution in [-0.4, -0.2) is 44.8 Å². The predicted octanol–water partition coefficient (Wildman–Crippen LogP) is 3.18. The van der Waals surface area contributed by atoms with Gasteiger partial charge in [-0.25, -0.2) is 0 Å². The number of ether oxygens (including phenoxy) is 2. The molecule has 0 fully saturated rings. The minimum atomic E-state index is 0.0243. The molecule has 4 nitrogen and oxygen atoms in total. The van der Waals surface area contributed by atoms with Crippen molar-refractivity contribution in [1.29, 1.82) is 0 Å². The summed E-state index contributed by atoms with van der Waals surface area (Å²) in [7, 11) is 5.67. The van der Waals surface area contributed by atoms with Crippen LogP contribution in [0.15, 0.2) is 12.1 Å². The lowest BCUT2D eigenvalue weighted by molar-refractivity contribution is 0.247. The summed E-state index contributed by atoms with van der Waals surface area (Å²) in [6, 6.07) is 3.71. The Morgan fingerprint density at radius 3 is 2.43 bits per heavy atom. The Hall–Kier alpha value is -0.970. The monoisotopic (exact) mass is 314 g/mol. The van der Waals surface area contributed by atoms with Gasteiger partial charge in [-0.1, -0.05) is 11.6 Å². The van der Waals surface area contributed by atoms with Gasteiger partial charge in [0.25, 0.3) is 0 Å². The van der Waals surface area contributed by atoms with Crippen LogP contribution < -0.4 is 14.8 Å². The molecule has 21 heavy (non-hydrogen) atoms. The summed E-state index contributed by atoms with van der Waals surface area (Å²) in [4.78, 5) is 2.08. The van der Waals surface area contributed by atoms with Gasteiger partial charge in [-0.15, -0.1) is 0 Å². The molecule has 120 valence electrons.